The number of ketones is 1. The summed E-state index contributed by atoms with van der Waals surface area (Å²) in [7, 11) is 0. The summed E-state index contributed by atoms with van der Waals surface area (Å²) in [6.07, 6.45) is 2.64. The molecular formula is C11H16O3. The fraction of sp³-hybridized carbons (Fsp3) is 0.818. The van der Waals surface area contributed by atoms with Crippen molar-refractivity contribution in [3.05, 3.63) is 0 Å². The van der Waals surface area contributed by atoms with Crippen molar-refractivity contribution in [3.8, 4) is 0 Å². The number of fused-ring (bicyclic) bond motifs is 1. The van der Waals surface area contributed by atoms with Gasteiger partial charge in [-0.2, -0.15) is 0 Å². The molecule has 0 heterocycles. The van der Waals surface area contributed by atoms with Gasteiger partial charge in [-0.25, -0.2) is 0 Å². The second-order valence-corrected chi connectivity index (χ2v) is 4.43. The van der Waals surface area contributed by atoms with E-state index in [4.69, 9.17) is 4.74 Å². The molecule has 0 radical (unpaired) electrons. The highest BCUT2D eigenvalue weighted by molar-refractivity contribution is 5.89. The Balaban J connectivity index is 2.09. The van der Waals surface area contributed by atoms with E-state index in [0.29, 0.717) is 18.3 Å². The van der Waals surface area contributed by atoms with Crippen molar-refractivity contribution in [1.82, 2.24) is 0 Å². The van der Waals surface area contributed by atoms with Gasteiger partial charge < -0.3 is 4.74 Å². The Bertz CT molecular complexity index is 272. The van der Waals surface area contributed by atoms with Gasteiger partial charge in [-0.05, 0) is 24.7 Å². The maximum atomic E-state index is 11.4. The van der Waals surface area contributed by atoms with E-state index in [1.807, 2.05) is 0 Å². The quantitative estimate of drug-likeness (QED) is 0.629. The molecule has 3 nitrogen and oxygen atoms in total. The van der Waals surface area contributed by atoms with Crippen molar-refractivity contribution in [2.75, 3.05) is 0 Å². The van der Waals surface area contributed by atoms with E-state index in [1.165, 1.54) is 6.92 Å². The average molecular weight is 196 g/mol. The lowest BCUT2D eigenvalue weighted by molar-refractivity contribution is -0.155. The minimum atomic E-state index is -0.256. The molecule has 2 saturated carbocycles. The smallest absolute Gasteiger partial charge is 0.302 e. The molecule has 0 N–H and O–H groups in total. The van der Waals surface area contributed by atoms with E-state index in [2.05, 4.69) is 6.92 Å². The first kappa shape index (κ1) is 9.69. The third-order valence-corrected chi connectivity index (χ3v) is 3.59. The average Bonchev–Trinajstić information content (AvgIpc) is 2.35. The lowest BCUT2D eigenvalue weighted by atomic mass is 9.74. The molecule has 78 valence electrons. The SMILES string of the molecule is CCC1CC2CC(=O)C2C1OC(C)=O. The highest BCUT2D eigenvalue weighted by Crippen LogP contribution is 2.49. The van der Waals surface area contributed by atoms with Gasteiger partial charge in [-0.3, -0.25) is 9.59 Å². The molecule has 2 fully saturated rings. The van der Waals surface area contributed by atoms with E-state index in [0.717, 1.165) is 12.8 Å². The molecule has 0 spiro atoms. The van der Waals surface area contributed by atoms with Gasteiger partial charge in [-0.1, -0.05) is 6.92 Å². The van der Waals surface area contributed by atoms with Gasteiger partial charge in [0.1, 0.15) is 11.9 Å². The molecule has 0 aliphatic heterocycles. The molecule has 0 aromatic carbocycles. The lowest BCUT2D eigenvalue weighted by Crippen LogP contribution is -2.41. The zero-order chi connectivity index (χ0) is 10.3. The monoisotopic (exact) mass is 196 g/mol. The van der Waals surface area contributed by atoms with Gasteiger partial charge in [0.05, 0.1) is 5.92 Å². The highest BCUT2D eigenvalue weighted by atomic mass is 16.5. The van der Waals surface area contributed by atoms with Crippen LogP contribution in [0.25, 0.3) is 0 Å². The predicted octanol–water partition coefficient (Wildman–Crippen LogP) is 1.55. The molecule has 0 aromatic heterocycles. The molecule has 14 heavy (non-hydrogen) atoms. The van der Waals surface area contributed by atoms with E-state index in [-0.39, 0.29) is 23.8 Å². The van der Waals surface area contributed by atoms with Crippen LogP contribution in [0.4, 0.5) is 0 Å². The minimum Gasteiger partial charge on any atom is -0.461 e. The minimum absolute atomic E-state index is 0.0313. The third kappa shape index (κ3) is 1.35. The number of Topliss-reactive ketones (excluding diaryl/α,β-unsaturated/α-hetero) is 1. The highest BCUT2D eigenvalue weighted by Gasteiger charge is 2.54. The zero-order valence-corrected chi connectivity index (χ0v) is 8.66. The Kier molecular flexibility index (Phi) is 2.33. The summed E-state index contributed by atoms with van der Waals surface area (Å²) in [5, 5.41) is 0. The van der Waals surface area contributed by atoms with E-state index in [1.54, 1.807) is 0 Å². The standard InChI is InChI=1S/C11H16O3/c1-3-7-4-8-5-9(13)10(8)11(7)14-6(2)12/h7-8,10-11H,3-5H2,1-2H3. The summed E-state index contributed by atoms with van der Waals surface area (Å²) in [5.41, 5.74) is 0. The van der Waals surface area contributed by atoms with Crippen molar-refractivity contribution in [2.45, 2.75) is 39.2 Å². The number of esters is 1. The number of carbonyl (C=O) groups is 2. The van der Waals surface area contributed by atoms with Crippen LogP contribution in [0.1, 0.15) is 33.1 Å². The fourth-order valence-electron chi connectivity index (χ4n) is 2.88. The normalized spacial score (nSPS) is 40.3. The van der Waals surface area contributed by atoms with Crippen LogP contribution in [0, 0.1) is 17.8 Å². The molecule has 0 aromatic rings. The Morgan fingerprint density at radius 2 is 2.29 bits per heavy atom. The van der Waals surface area contributed by atoms with Crippen molar-refractivity contribution in [3.63, 3.8) is 0 Å². The van der Waals surface area contributed by atoms with E-state index in [9.17, 15) is 9.59 Å². The van der Waals surface area contributed by atoms with Crippen molar-refractivity contribution >= 4 is 11.8 Å². The van der Waals surface area contributed by atoms with Crippen molar-refractivity contribution in [1.29, 1.82) is 0 Å². The summed E-state index contributed by atoms with van der Waals surface area (Å²) in [6, 6.07) is 0. The van der Waals surface area contributed by atoms with Crippen LogP contribution in [-0.4, -0.2) is 17.9 Å². The van der Waals surface area contributed by atoms with Gasteiger partial charge in [0.25, 0.3) is 0 Å². The van der Waals surface area contributed by atoms with Crippen molar-refractivity contribution in [2.24, 2.45) is 17.8 Å². The summed E-state index contributed by atoms with van der Waals surface area (Å²) >= 11 is 0. The van der Waals surface area contributed by atoms with Gasteiger partial charge in [0.15, 0.2) is 0 Å². The molecule has 2 rings (SSSR count). The maximum absolute atomic E-state index is 11.4. The van der Waals surface area contributed by atoms with Crippen LogP contribution in [0.2, 0.25) is 0 Å². The van der Waals surface area contributed by atoms with Crippen LogP contribution in [0.3, 0.4) is 0 Å². The van der Waals surface area contributed by atoms with Crippen LogP contribution >= 0.6 is 0 Å². The maximum Gasteiger partial charge on any atom is 0.302 e. The Morgan fingerprint density at radius 3 is 2.79 bits per heavy atom. The van der Waals surface area contributed by atoms with Crippen molar-refractivity contribution < 1.29 is 14.3 Å². The molecule has 0 saturated heterocycles. The molecular weight excluding hydrogens is 180 g/mol. The first-order valence-corrected chi connectivity index (χ1v) is 5.33. The van der Waals surface area contributed by atoms with Crippen LogP contribution < -0.4 is 0 Å². The van der Waals surface area contributed by atoms with Gasteiger partial charge >= 0.3 is 5.97 Å². The van der Waals surface area contributed by atoms with Crippen LogP contribution in [-0.2, 0) is 14.3 Å². The number of rotatable bonds is 2. The second kappa shape index (κ2) is 3.37. The van der Waals surface area contributed by atoms with Gasteiger partial charge in [-0.15, -0.1) is 0 Å². The van der Waals surface area contributed by atoms with Gasteiger partial charge in [0, 0.05) is 13.3 Å². The first-order chi connectivity index (χ1) is 6.63. The molecule has 0 amide bonds. The molecule has 4 atom stereocenters. The summed E-state index contributed by atoms with van der Waals surface area (Å²) in [6.45, 7) is 3.51. The summed E-state index contributed by atoms with van der Waals surface area (Å²) in [5.74, 6) is 0.965. The third-order valence-electron chi connectivity index (χ3n) is 3.59. The van der Waals surface area contributed by atoms with Gasteiger partial charge in [0.2, 0.25) is 0 Å². The summed E-state index contributed by atoms with van der Waals surface area (Å²) in [4.78, 5) is 22.3. The fourth-order valence-corrected chi connectivity index (χ4v) is 2.88. The number of hydrogen-bond acceptors (Lipinski definition) is 3. The topological polar surface area (TPSA) is 43.4 Å². The molecule has 2 aliphatic rings. The predicted molar refractivity (Wildman–Crippen MR) is 50.6 cm³/mol. The van der Waals surface area contributed by atoms with E-state index < -0.39 is 0 Å². The molecule has 4 unspecified atom stereocenters. The second-order valence-electron chi connectivity index (χ2n) is 4.43. The largest absolute Gasteiger partial charge is 0.461 e. The molecule has 3 heteroatoms. The zero-order valence-electron chi connectivity index (χ0n) is 8.66. The molecule has 2 aliphatic carbocycles. The van der Waals surface area contributed by atoms with Crippen LogP contribution in [0.15, 0.2) is 0 Å². The Morgan fingerprint density at radius 1 is 1.57 bits per heavy atom. The summed E-state index contributed by atoms with van der Waals surface area (Å²) < 4.78 is 5.26. The number of hydrogen-bond donors (Lipinski definition) is 0. The lowest BCUT2D eigenvalue weighted by Gasteiger charge is -2.32. The van der Waals surface area contributed by atoms with Crippen LogP contribution in [0.5, 0.6) is 0 Å². The molecule has 0 bridgehead atoms. The first-order valence-electron chi connectivity index (χ1n) is 5.33. The van der Waals surface area contributed by atoms with E-state index >= 15 is 0 Å². The Labute approximate surface area is 83.8 Å². The number of carbonyl (C=O) groups excluding carboxylic acids is 2. The Hall–Kier alpha value is -0.860. The number of ether oxygens (including phenoxy) is 1.